The van der Waals surface area contributed by atoms with Gasteiger partial charge < -0.3 is 5.73 Å². The molecule has 0 aromatic heterocycles. The second-order valence-corrected chi connectivity index (χ2v) is 6.93. The third-order valence-electron chi connectivity index (χ3n) is 3.26. The molecule has 2 aromatic rings. The van der Waals surface area contributed by atoms with Crippen molar-refractivity contribution in [2.24, 2.45) is 5.73 Å². The summed E-state index contributed by atoms with van der Waals surface area (Å²) in [5.74, 6) is -1.10. The topological polar surface area (TPSA) is 80.5 Å². The monoisotopic (exact) mass is 336 g/mol. The fourth-order valence-corrected chi connectivity index (χ4v) is 3.49. The number of hydrogen-bond donors (Lipinski definition) is 1. The molecule has 1 amide bonds. The van der Waals surface area contributed by atoms with Crippen LogP contribution in [0.1, 0.15) is 12.0 Å². The molecule has 2 N–H and O–H groups in total. The zero-order valence-corrected chi connectivity index (χ0v) is 13.2. The second-order valence-electron chi connectivity index (χ2n) is 4.99. The highest BCUT2D eigenvalue weighted by Crippen LogP contribution is 2.19. The van der Waals surface area contributed by atoms with Crippen LogP contribution in [0.15, 0.2) is 59.5 Å². The van der Waals surface area contributed by atoms with E-state index >= 15 is 0 Å². The summed E-state index contributed by atoms with van der Waals surface area (Å²) in [4.78, 5) is 11.0. The molecular formula is C16H17FN2O3S. The predicted octanol–water partition coefficient (Wildman–Crippen LogP) is 1.89. The lowest BCUT2D eigenvalue weighted by molar-refractivity contribution is -0.118. The van der Waals surface area contributed by atoms with Crippen molar-refractivity contribution in [1.29, 1.82) is 0 Å². The Morgan fingerprint density at radius 3 is 2.22 bits per heavy atom. The molecule has 0 atom stereocenters. The molecule has 7 heteroatoms. The Kier molecular flexibility index (Phi) is 5.46. The summed E-state index contributed by atoms with van der Waals surface area (Å²) in [6, 6.07) is 13.6. The maximum absolute atomic E-state index is 13.0. The van der Waals surface area contributed by atoms with Gasteiger partial charge in [-0.25, -0.2) is 12.8 Å². The molecule has 122 valence electrons. The average Bonchev–Trinajstić information content (AvgIpc) is 2.52. The summed E-state index contributed by atoms with van der Waals surface area (Å²) >= 11 is 0. The van der Waals surface area contributed by atoms with E-state index in [0.717, 1.165) is 17.7 Å². The minimum atomic E-state index is -3.85. The Morgan fingerprint density at radius 1 is 1.04 bits per heavy atom. The molecule has 0 spiro atoms. The van der Waals surface area contributed by atoms with Gasteiger partial charge in [0.15, 0.2) is 0 Å². The van der Waals surface area contributed by atoms with Crippen molar-refractivity contribution in [3.8, 4) is 0 Å². The number of halogens is 1. The molecule has 0 aliphatic rings. The van der Waals surface area contributed by atoms with Crippen LogP contribution >= 0.6 is 0 Å². The highest BCUT2D eigenvalue weighted by atomic mass is 32.2. The van der Waals surface area contributed by atoms with Crippen LogP contribution in [0.5, 0.6) is 0 Å². The minimum absolute atomic E-state index is 0.0284. The van der Waals surface area contributed by atoms with Gasteiger partial charge in [-0.2, -0.15) is 4.31 Å². The molecule has 0 fully saturated rings. The van der Waals surface area contributed by atoms with Gasteiger partial charge in [0.25, 0.3) is 0 Å². The summed E-state index contributed by atoms with van der Waals surface area (Å²) in [6.45, 7) is 0.0672. The number of benzene rings is 2. The lowest BCUT2D eigenvalue weighted by Crippen LogP contribution is -2.33. The van der Waals surface area contributed by atoms with Crippen molar-refractivity contribution in [2.75, 3.05) is 6.54 Å². The Morgan fingerprint density at radius 2 is 1.65 bits per heavy atom. The van der Waals surface area contributed by atoms with Crippen molar-refractivity contribution in [3.63, 3.8) is 0 Å². The molecule has 0 radical (unpaired) electrons. The van der Waals surface area contributed by atoms with Crippen LogP contribution in [0.3, 0.4) is 0 Å². The first-order chi connectivity index (χ1) is 10.9. The minimum Gasteiger partial charge on any atom is -0.370 e. The molecule has 5 nitrogen and oxygen atoms in total. The fourth-order valence-electron chi connectivity index (χ4n) is 2.06. The molecule has 0 bridgehead atoms. The molecule has 0 unspecified atom stereocenters. The van der Waals surface area contributed by atoms with E-state index in [4.69, 9.17) is 5.73 Å². The normalized spacial score (nSPS) is 11.6. The van der Waals surface area contributed by atoms with Crippen LogP contribution in [0, 0.1) is 5.82 Å². The smallest absolute Gasteiger partial charge is 0.243 e. The van der Waals surface area contributed by atoms with Crippen LogP contribution in [0.2, 0.25) is 0 Å². The van der Waals surface area contributed by atoms with Crippen molar-refractivity contribution < 1.29 is 17.6 Å². The molecule has 0 saturated heterocycles. The van der Waals surface area contributed by atoms with Crippen molar-refractivity contribution in [2.45, 2.75) is 17.9 Å². The first-order valence-corrected chi connectivity index (χ1v) is 8.41. The SMILES string of the molecule is NC(=O)CCN(Cc1ccccc1)S(=O)(=O)c1ccc(F)cc1. The van der Waals surface area contributed by atoms with E-state index in [-0.39, 0.29) is 24.4 Å². The predicted molar refractivity (Wildman–Crippen MR) is 84.2 cm³/mol. The Hall–Kier alpha value is -2.25. The van der Waals surface area contributed by atoms with Crippen molar-refractivity contribution >= 4 is 15.9 Å². The molecule has 0 aliphatic carbocycles. The molecule has 0 saturated carbocycles. The summed E-state index contributed by atoms with van der Waals surface area (Å²) in [7, 11) is -3.85. The largest absolute Gasteiger partial charge is 0.370 e. The number of primary amides is 1. The van der Waals surface area contributed by atoms with Gasteiger partial charge in [-0.1, -0.05) is 30.3 Å². The van der Waals surface area contributed by atoms with Gasteiger partial charge in [0.2, 0.25) is 15.9 Å². The highest BCUT2D eigenvalue weighted by Gasteiger charge is 2.25. The van der Waals surface area contributed by atoms with Gasteiger partial charge in [-0.15, -0.1) is 0 Å². The van der Waals surface area contributed by atoms with Crippen molar-refractivity contribution in [3.05, 3.63) is 66.0 Å². The number of carbonyl (C=O) groups excluding carboxylic acids is 1. The van der Waals surface area contributed by atoms with Crippen LogP contribution < -0.4 is 5.73 Å². The summed E-state index contributed by atoms with van der Waals surface area (Å²) in [6.07, 6.45) is -0.0900. The lowest BCUT2D eigenvalue weighted by Gasteiger charge is -2.22. The zero-order valence-electron chi connectivity index (χ0n) is 12.4. The lowest BCUT2D eigenvalue weighted by atomic mass is 10.2. The first-order valence-electron chi connectivity index (χ1n) is 6.97. The molecule has 23 heavy (non-hydrogen) atoms. The van der Waals surface area contributed by atoms with Gasteiger partial charge in [0, 0.05) is 19.5 Å². The number of amides is 1. The van der Waals surface area contributed by atoms with E-state index in [0.29, 0.717) is 0 Å². The van der Waals surface area contributed by atoms with E-state index in [2.05, 4.69) is 0 Å². The van der Waals surface area contributed by atoms with E-state index in [1.807, 2.05) is 6.07 Å². The molecule has 0 aliphatic heterocycles. The molecule has 0 heterocycles. The van der Waals surface area contributed by atoms with E-state index in [1.54, 1.807) is 24.3 Å². The maximum atomic E-state index is 13.0. The quantitative estimate of drug-likeness (QED) is 0.838. The highest BCUT2D eigenvalue weighted by molar-refractivity contribution is 7.89. The average molecular weight is 336 g/mol. The number of carbonyl (C=O) groups is 1. The number of nitrogens with two attached hydrogens (primary N) is 1. The molecule has 2 rings (SSSR count). The van der Waals surface area contributed by atoms with Gasteiger partial charge in [-0.05, 0) is 29.8 Å². The number of hydrogen-bond acceptors (Lipinski definition) is 3. The summed E-state index contributed by atoms with van der Waals surface area (Å²) in [5.41, 5.74) is 5.91. The third-order valence-corrected chi connectivity index (χ3v) is 5.12. The van der Waals surface area contributed by atoms with Gasteiger partial charge in [-0.3, -0.25) is 4.79 Å². The number of sulfonamides is 1. The standard InChI is InChI=1S/C16H17FN2O3S/c17-14-6-8-15(9-7-14)23(21,22)19(11-10-16(18)20)12-13-4-2-1-3-5-13/h1-9H,10-12H2,(H2,18,20). The number of nitrogens with zero attached hydrogens (tertiary/aromatic N) is 1. The first kappa shape index (κ1) is 17.1. The fraction of sp³-hybridized carbons (Fsp3) is 0.188. The number of rotatable bonds is 7. The molecular weight excluding hydrogens is 319 g/mol. The Bertz CT molecular complexity index is 762. The van der Waals surface area contributed by atoms with E-state index in [1.165, 1.54) is 16.4 Å². The Balaban J connectivity index is 2.31. The Labute approximate surface area is 134 Å². The third kappa shape index (κ3) is 4.61. The van der Waals surface area contributed by atoms with Crippen LogP contribution in [-0.2, 0) is 21.4 Å². The van der Waals surface area contributed by atoms with E-state index < -0.39 is 21.7 Å². The maximum Gasteiger partial charge on any atom is 0.243 e. The van der Waals surface area contributed by atoms with Gasteiger partial charge >= 0.3 is 0 Å². The molecule has 2 aromatic carbocycles. The van der Waals surface area contributed by atoms with Gasteiger partial charge in [0.05, 0.1) is 4.90 Å². The summed E-state index contributed by atoms with van der Waals surface area (Å²) < 4.78 is 39.6. The van der Waals surface area contributed by atoms with Crippen LogP contribution in [0.4, 0.5) is 4.39 Å². The van der Waals surface area contributed by atoms with Crippen LogP contribution in [0.25, 0.3) is 0 Å². The zero-order chi connectivity index (χ0) is 16.9. The van der Waals surface area contributed by atoms with Crippen molar-refractivity contribution in [1.82, 2.24) is 4.31 Å². The van der Waals surface area contributed by atoms with E-state index in [9.17, 15) is 17.6 Å². The van der Waals surface area contributed by atoms with Crippen LogP contribution in [-0.4, -0.2) is 25.2 Å². The summed E-state index contributed by atoms with van der Waals surface area (Å²) in [5, 5.41) is 0. The second kappa shape index (κ2) is 7.34. The van der Waals surface area contributed by atoms with Gasteiger partial charge in [0.1, 0.15) is 5.82 Å².